The molecule has 0 aromatic carbocycles. The summed E-state index contributed by atoms with van der Waals surface area (Å²) >= 11 is 0. The zero-order valence-corrected chi connectivity index (χ0v) is 12.9. The minimum atomic E-state index is -4.83. The van der Waals surface area contributed by atoms with Crippen LogP contribution in [0.25, 0.3) is 0 Å². The van der Waals surface area contributed by atoms with Crippen LogP contribution in [0, 0.1) is 0 Å². The van der Waals surface area contributed by atoms with Crippen molar-refractivity contribution in [2.75, 3.05) is 0 Å². The molecule has 0 aromatic rings. The van der Waals surface area contributed by atoms with Gasteiger partial charge in [-0.05, 0) is 6.42 Å². The molecule has 0 rings (SSSR count). The van der Waals surface area contributed by atoms with Gasteiger partial charge in [0, 0.05) is 5.97 Å². The van der Waals surface area contributed by atoms with Crippen molar-refractivity contribution in [1.29, 1.82) is 0 Å². The Balaban J connectivity index is -0.000000340. The van der Waals surface area contributed by atoms with E-state index in [1.54, 1.807) is 0 Å². The molecule has 9 heteroatoms. The molecule has 17 heavy (non-hydrogen) atoms. The fourth-order valence-electron chi connectivity index (χ4n) is 0.363. The van der Waals surface area contributed by atoms with Gasteiger partial charge in [-0.2, -0.15) is 8.42 Å². The van der Waals surface area contributed by atoms with E-state index in [0.29, 0.717) is 0 Å². The van der Waals surface area contributed by atoms with Crippen molar-refractivity contribution in [2.24, 2.45) is 0 Å². The standard InChI is InChI=1S/C4H6O7S.C4H10.Na/c5-3(6)1-2-4(7)11-12(8,9)10;1-3-4-2;/h1-2H2,(H,5,6)(H,8,9,10);3-4H2,1-2H3;/q;;+1/p-1. The number of rotatable bonds is 5. The first-order chi connectivity index (χ1) is 7.22. The van der Waals surface area contributed by atoms with Gasteiger partial charge in [-0.15, -0.1) is 0 Å². The van der Waals surface area contributed by atoms with E-state index in [1.807, 2.05) is 0 Å². The summed E-state index contributed by atoms with van der Waals surface area (Å²) in [5, 5.41) is 9.74. The molecule has 0 aliphatic rings. The average molecular weight is 278 g/mol. The number of hydrogen-bond donors (Lipinski definition) is 1. The van der Waals surface area contributed by atoms with E-state index in [-0.39, 0.29) is 29.6 Å². The molecular weight excluding hydrogens is 263 g/mol. The fourth-order valence-corrected chi connectivity index (χ4v) is 0.681. The van der Waals surface area contributed by atoms with Crippen LogP contribution in [0.3, 0.4) is 0 Å². The molecule has 0 aliphatic carbocycles. The van der Waals surface area contributed by atoms with E-state index in [9.17, 15) is 23.1 Å². The smallest absolute Gasteiger partial charge is 0.550 e. The number of aliphatic carboxylic acids is 1. The molecule has 0 aliphatic heterocycles. The van der Waals surface area contributed by atoms with Crippen LogP contribution < -0.4 is 34.7 Å². The van der Waals surface area contributed by atoms with Crippen LogP contribution in [0.2, 0.25) is 0 Å². The summed E-state index contributed by atoms with van der Waals surface area (Å²) in [4.78, 5) is 20.0. The van der Waals surface area contributed by atoms with E-state index < -0.39 is 35.2 Å². The van der Waals surface area contributed by atoms with E-state index in [4.69, 9.17) is 4.55 Å². The van der Waals surface area contributed by atoms with Crippen molar-refractivity contribution in [3.63, 3.8) is 0 Å². The second-order valence-electron chi connectivity index (χ2n) is 2.76. The van der Waals surface area contributed by atoms with E-state index in [0.717, 1.165) is 0 Å². The van der Waals surface area contributed by atoms with E-state index in [1.165, 1.54) is 12.8 Å². The van der Waals surface area contributed by atoms with Crippen LogP contribution in [0.5, 0.6) is 0 Å². The van der Waals surface area contributed by atoms with Gasteiger partial charge < -0.3 is 14.1 Å². The molecule has 0 spiro atoms. The number of carboxylic acid groups (broad SMARTS) is 1. The number of unbranched alkanes of at least 4 members (excludes halogenated alkanes) is 1. The molecule has 0 bridgehead atoms. The minimum absolute atomic E-state index is 0. The predicted molar refractivity (Wildman–Crippen MR) is 52.5 cm³/mol. The summed E-state index contributed by atoms with van der Waals surface area (Å²) in [6.45, 7) is 4.36. The van der Waals surface area contributed by atoms with Gasteiger partial charge in [0.1, 0.15) is 0 Å². The summed E-state index contributed by atoms with van der Waals surface area (Å²) in [6.07, 6.45) is 1.32. The second kappa shape index (κ2) is 12.3. The maximum absolute atomic E-state index is 10.3. The molecule has 0 atom stereocenters. The Bertz CT molecular complexity index is 310. The van der Waals surface area contributed by atoms with Gasteiger partial charge in [-0.1, -0.05) is 26.7 Å². The Labute approximate surface area is 123 Å². The molecule has 96 valence electrons. The summed E-state index contributed by atoms with van der Waals surface area (Å²) in [5.41, 5.74) is 0. The summed E-state index contributed by atoms with van der Waals surface area (Å²) in [7, 11) is -4.83. The van der Waals surface area contributed by atoms with Gasteiger partial charge >= 0.3 is 45.9 Å². The third kappa shape index (κ3) is 25.8. The molecule has 0 unspecified atom stereocenters. The summed E-state index contributed by atoms with van der Waals surface area (Å²) in [6, 6.07) is 0. The molecule has 1 N–H and O–H groups in total. The first-order valence-corrected chi connectivity index (χ1v) is 5.99. The van der Waals surface area contributed by atoms with Crippen LogP contribution >= 0.6 is 0 Å². The number of carbonyl (C=O) groups is 2. The fraction of sp³-hybridized carbons (Fsp3) is 0.750. The first-order valence-electron chi connectivity index (χ1n) is 4.62. The van der Waals surface area contributed by atoms with Crippen molar-refractivity contribution < 1.29 is 61.4 Å². The van der Waals surface area contributed by atoms with Crippen molar-refractivity contribution in [1.82, 2.24) is 0 Å². The molecule has 7 nitrogen and oxygen atoms in total. The van der Waals surface area contributed by atoms with Crippen molar-refractivity contribution in [3.8, 4) is 0 Å². The van der Waals surface area contributed by atoms with Gasteiger partial charge in [0.15, 0.2) is 0 Å². The molecule has 0 heterocycles. The Kier molecular flexibility index (Phi) is 16.0. The number of hydrogen-bond acceptors (Lipinski definition) is 6. The van der Waals surface area contributed by atoms with Crippen molar-refractivity contribution >= 4 is 22.3 Å². The summed E-state index contributed by atoms with van der Waals surface area (Å²) in [5.74, 6) is -2.86. The normalized spacial score (nSPS) is 9.35. The molecule has 0 saturated heterocycles. The topological polar surface area (TPSA) is 121 Å². The Morgan fingerprint density at radius 3 is 1.82 bits per heavy atom. The van der Waals surface area contributed by atoms with E-state index >= 15 is 0 Å². The zero-order chi connectivity index (χ0) is 13.2. The predicted octanol–water partition coefficient (Wildman–Crippen LogP) is -3.33. The molecular formula is C8H15NaO7S. The third-order valence-corrected chi connectivity index (χ3v) is 1.63. The maximum Gasteiger partial charge on any atom is 1.00 e. The van der Waals surface area contributed by atoms with Gasteiger partial charge in [0.2, 0.25) is 0 Å². The van der Waals surface area contributed by atoms with Crippen LogP contribution in [-0.4, -0.2) is 24.9 Å². The second-order valence-corrected chi connectivity index (χ2v) is 3.78. The van der Waals surface area contributed by atoms with Gasteiger partial charge in [-0.25, -0.2) is 0 Å². The molecule has 0 radical (unpaired) electrons. The molecule has 0 saturated carbocycles. The van der Waals surface area contributed by atoms with Crippen LogP contribution in [0.1, 0.15) is 39.5 Å². The quantitative estimate of drug-likeness (QED) is 0.412. The van der Waals surface area contributed by atoms with Crippen molar-refractivity contribution in [3.05, 3.63) is 0 Å². The SMILES string of the molecule is CCCC.O=C([O-])CCC(=O)OS(=O)(=O)O.[Na+]. The molecule has 0 aromatic heterocycles. The summed E-state index contributed by atoms with van der Waals surface area (Å²) < 4.78 is 31.0. The Morgan fingerprint density at radius 2 is 1.59 bits per heavy atom. The number of carboxylic acids is 1. The minimum Gasteiger partial charge on any atom is -0.550 e. The Hall–Kier alpha value is -0.150. The van der Waals surface area contributed by atoms with Gasteiger partial charge in [0.25, 0.3) is 0 Å². The zero-order valence-electron chi connectivity index (χ0n) is 10.1. The molecule has 0 amide bonds. The van der Waals surface area contributed by atoms with Crippen molar-refractivity contribution in [2.45, 2.75) is 39.5 Å². The number of carbonyl (C=O) groups excluding carboxylic acids is 2. The average Bonchev–Trinajstić information content (AvgIpc) is 2.12. The molecule has 0 fully saturated rings. The van der Waals surface area contributed by atoms with Crippen LogP contribution in [-0.2, 0) is 24.2 Å². The Morgan fingerprint density at radius 1 is 1.18 bits per heavy atom. The largest absolute Gasteiger partial charge is 1.00 e. The third-order valence-electron chi connectivity index (χ3n) is 1.23. The maximum atomic E-state index is 10.3. The monoisotopic (exact) mass is 278 g/mol. The van der Waals surface area contributed by atoms with Crippen LogP contribution in [0.15, 0.2) is 0 Å². The van der Waals surface area contributed by atoms with Gasteiger partial charge in [0.05, 0.1) is 6.42 Å². The van der Waals surface area contributed by atoms with Crippen LogP contribution in [0.4, 0.5) is 0 Å². The van der Waals surface area contributed by atoms with Gasteiger partial charge in [-0.3, -0.25) is 9.35 Å². The van der Waals surface area contributed by atoms with E-state index in [2.05, 4.69) is 18.0 Å². The first kappa shape index (κ1) is 22.1.